The van der Waals surface area contributed by atoms with Gasteiger partial charge in [0, 0.05) is 6.20 Å². The quantitative estimate of drug-likeness (QED) is 0.633. The molecule has 0 saturated carbocycles. The van der Waals surface area contributed by atoms with Crippen LogP contribution >= 0.6 is 15.9 Å². The zero-order valence-corrected chi connectivity index (χ0v) is 5.77. The highest BCUT2D eigenvalue weighted by molar-refractivity contribution is 9.10. The largest absolute Gasteiger partial charge is 0.419 e. The lowest BCUT2D eigenvalue weighted by atomic mass is 10.7. The minimum absolute atomic E-state index is 0.210. The van der Waals surface area contributed by atoms with E-state index in [1.165, 1.54) is 6.20 Å². The number of halogens is 1. The second kappa shape index (κ2) is 2.18. The van der Waals surface area contributed by atoms with Gasteiger partial charge in [0.1, 0.15) is 4.47 Å². The Morgan fingerprint density at radius 1 is 1.56 bits per heavy atom. The Morgan fingerprint density at radius 2 is 2.22 bits per heavy atom. The maximum absolute atomic E-state index is 10.4. The zero-order chi connectivity index (χ0) is 6.85. The highest BCUT2D eigenvalue weighted by Gasteiger charge is 1.93. The molecule has 0 aliphatic rings. The molecule has 1 heterocycles. The molecule has 5 heteroatoms. The van der Waals surface area contributed by atoms with Crippen LogP contribution in [-0.2, 0) is 0 Å². The first kappa shape index (κ1) is 6.28. The molecule has 9 heavy (non-hydrogen) atoms. The summed E-state index contributed by atoms with van der Waals surface area (Å²) in [6, 6.07) is 0. The number of nitrogens with one attached hydrogen (secondary N) is 1. The van der Waals surface area contributed by atoms with Gasteiger partial charge in [-0.3, -0.25) is 4.98 Å². The van der Waals surface area contributed by atoms with Crippen LogP contribution in [0.15, 0.2) is 24.7 Å². The number of hydrogen-bond donors (Lipinski definition) is 1. The molecular formula is C4H2BrNO3. The molecule has 48 valence electrons. The predicted molar refractivity (Wildman–Crippen MR) is 33.3 cm³/mol. The molecule has 0 radical (unpaired) electrons. The summed E-state index contributed by atoms with van der Waals surface area (Å²) in [6.45, 7) is 0. The summed E-state index contributed by atoms with van der Waals surface area (Å²) in [4.78, 5) is 22.8. The zero-order valence-electron chi connectivity index (χ0n) is 4.18. The summed E-state index contributed by atoms with van der Waals surface area (Å²) >= 11 is 2.85. The third kappa shape index (κ3) is 1.29. The average Bonchev–Trinajstić information content (AvgIpc) is 1.80. The summed E-state index contributed by atoms with van der Waals surface area (Å²) in [6.07, 6.45) is 1.23. The van der Waals surface area contributed by atoms with Crippen LogP contribution in [0.5, 0.6) is 0 Å². The van der Waals surface area contributed by atoms with Gasteiger partial charge in [-0.25, -0.2) is 9.59 Å². The predicted octanol–water partition coefficient (Wildman–Crippen LogP) is 0.0906. The van der Waals surface area contributed by atoms with E-state index < -0.39 is 11.4 Å². The Kier molecular flexibility index (Phi) is 1.52. The van der Waals surface area contributed by atoms with Crippen LogP contribution in [0.25, 0.3) is 0 Å². The van der Waals surface area contributed by atoms with E-state index >= 15 is 0 Å². The third-order valence-electron chi connectivity index (χ3n) is 0.697. The fourth-order valence-electron chi connectivity index (χ4n) is 0.344. The molecular weight excluding hydrogens is 190 g/mol. The van der Waals surface area contributed by atoms with Crippen molar-refractivity contribution < 1.29 is 4.42 Å². The van der Waals surface area contributed by atoms with Crippen LogP contribution in [-0.4, -0.2) is 4.98 Å². The summed E-state index contributed by atoms with van der Waals surface area (Å²) in [5, 5.41) is 0. The van der Waals surface area contributed by atoms with Gasteiger partial charge in [-0.2, -0.15) is 0 Å². The molecule has 0 atom stereocenters. The summed E-state index contributed by atoms with van der Waals surface area (Å²) < 4.78 is 4.30. The van der Waals surface area contributed by atoms with Gasteiger partial charge < -0.3 is 4.42 Å². The van der Waals surface area contributed by atoms with Crippen molar-refractivity contribution >= 4 is 15.9 Å². The monoisotopic (exact) mass is 191 g/mol. The number of H-pyrrole nitrogens is 1. The Bertz CT molecular complexity index is 312. The normalized spacial score (nSPS) is 9.44. The highest BCUT2D eigenvalue weighted by atomic mass is 79.9. The first-order valence-corrected chi connectivity index (χ1v) is 2.88. The molecule has 0 unspecified atom stereocenters. The van der Waals surface area contributed by atoms with E-state index in [0.717, 1.165) is 0 Å². The van der Waals surface area contributed by atoms with Crippen molar-refractivity contribution in [1.82, 2.24) is 4.98 Å². The van der Waals surface area contributed by atoms with E-state index in [0.29, 0.717) is 0 Å². The lowest BCUT2D eigenvalue weighted by molar-refractivity contribution is 0.445. The van der Waals surface area contributed by atoms with Crippen molar-refractivity contribution in [2.24, 2.45) is 0 Å². The Labute approximate surface area is 57.6 Å². The molecule has 0 aliphatic carbocycles. The van der Waals surface area contributed by atoms with E-state index in [1.54, 1.807) is 0 Å². The number of hydrogen-bond acceptors (Lipinski definition) is 3. The summed E-state index contributed by atoms with van der Waals surface area (Å²) in [7, 11) is 0. The molecule has 1 rings (SSSR count). The van der Waals surface area contributed by atoms with E-state index in [-0.39, 0.29) is 4.47 Å². The smallest absolute Gasteiger partial charge is 0.372 e. The molecule has 1 aromatic heterocycles. The van der Waals surface area contributed by atoms with Gasteiger partial charge >= 0.3 is 11.4 Å². The highest BCUT2D eigenvalue weighted by Crippen LogP contribution is 1.94. The Hall–Kier alpha value is -0.840. The number of aromatic amines is 1. The lowest BCUT2D eigenvalue weighted by Crippen LogP contribution is -2.13. The van der Waals surface area contributed by atoms with Crippen molar-refractivity contribution in [1.29, 1.82) is 0 Å². The first-order valence-electron chi connectivity index (χ1n) is 2.08. The maximum Gasteiger partial charge on any atom is 0.419 e. The third-order valence-corrected chi connectivity index (χ3v) is 1.25. The van der Waals surface area contributed by atoms with E-state index in [2.05, 4.69) is 25.3 Å². The molecule has 0 aliphatic heterocycles. The van der Waals surface area contributed by atoms with Crippen LogP contribution in [0.1, 0.15) is 0 Å². The molecule has 0 saturated heterocycles. The van der Waals surface area contributed by atoms with E-state index in [1.807, 2.05) is 0 Å². The average molecular weight is 192 g/mol. The first-order chi connectivity index (χ1) is 4.20. The van der Waals surface area contributed by atoms with Crippen molar-refractivity contribution in [2.45, 2.75) is 0 Å². The molecule has 0 spiro atoms. The minimum Gasteiger partial charge on any atom is -0.372 e. The Morgan fingerprint density at radius 3 is 2.67 bits per heavy atom. The van der Waals surface area contributed by atoms with Gasteiger partial charge in [-0.15, -0.1) is 0 Å². The maximum atomic E-state index is 10.4. The van der Waals surface area contributed by atoms with Gasteiger partial charge in [0.05, 0.1) is 0 Å². The summed E-state index contributed by atoms with van der Waals surface area (Å²) in [5.41, 5.74) is -0.668. The van der Waals surface area contributed by atoms with Gasteiger partial charge in [-0.1, -0.05) is 0 Å². The minimum atomic E-state index is -0.747. The molecule has 1 aromatic rings. The molecule has 1 N–H and O–H groups in total. The SMILES string of the molecule is O=c1[nH]cc(Br)c(=O)o1. The number of aromatic nitrogens is 1. The molecule has 4 nitrogen and oxygen atoms in total. The molecule has 0 bridgehead atoms. The topological polar surface area (TPSA) is 63.1 Å². The van der Waals surface area contributed by atoms with Crippen molar-refractivity contribution in [3.8, 4) is 0 Å². The van der Waals surface area contributed by atoms with E-state index in [4.69, 9.17) is 0 Å². The van der Waals surface area contributed by atoms with Crippen LogP contribution in [0.2, 0.25) is 0 Å². The molecule has 0 fully saturated rings. The second-order valence-electron chi connectivity index (χ2n) is 1.31. The molecule has 0 amide bonds. The van der Waals surface area contributed by atoms with Crippen LogP contribution in [0, 0.1) is 0 Å². The van der Waals surface area contributed by atoms with Crippen LogP contribution in [0.3, 0.4) is 0 Å². The van der Waals surface area contributed by atoms with E-state index in [9.17, 15) is 9.59 Å². The fraction of sp³-hybridized carbons (Fsp3) is 0. The van der Waals surface area contributed by atoms with Crippen molar-refractivity contribution in [2.75, 3.05) is 0 Å². The van der Waals surface area contributed by atoms with Gasteiger partial charge in [0.25, 0.3) is 0 Å². The van der Waals surface area contributed by atoms with Crippen molar-refractivity contribution in [3.63, 3.8) is 0 Å². The standard InChI is InChI=1S/C4H2BrNO3/c5-2-1-6-4(8)9-3(2)7/h1H,(H,6,8). The second-order valence-corrected chi connectivity index (χ2v) is 2.17. The number of rotatable bonds is 0. The van der Waals surface area contributed by atoms with Gasteiger partial charge in [-0.05, 0) is 15.9 Å². The summed E-state index contributed by atoms with van der Waals surface area (Å²) in [5.74, 6) is -0.747. The van der Waals surface area contributed by atoms with Crippen LogP contribution in [0.4, 0.5) is 0 Å². The molecule has 0 aromatic carbocycles. The lowest BCUT2D eigenvalue weighted by Gasteiger charge is -1.81. The Balaban J connectivity index is 3.52. The van der Waals surface area contributed by atoms with Crippen LogP contribution < -0.4 is 11.4 Å². The fourth-order valence-corrected chi connectivity index (χ4v) is 0.539. The van der Waals surface area contributed by atoms with Gasteiger partial charge in [0.15, 0.2) is 0 Å². The van der Waals surface area contributed by atoms with Gasteiger partial charge in [0.2, 0.25) is 0 Å². The van der Waals surface area contributed by atoms with Crippen molar-refractivity contribution in [3.05, 3.63) is 31.6 Å².